The Labute approximate surface area is 101 Å². The highest BCUT2D eigenvalue weighted by molar-refractivity contribution is 5.95. The first-order chi connectivity index (χ1) is 8.36. The van der Waals surface area contributed by atoms with E-state index in [9.17, 15) is 4.79 Å². The lowest BCUT2D eigenvalue weighted by Gasteiger charge is -2.22. The third kappa shape index (κ3) is 3.87. The lowest BCUT2D eigenvalue weighted by molar-refractivity contribution is 0.0984. The van der Waals surface area contributed by atoms with Gasteiger partial charge >= 0.3 is 0 Å². The molecule has 1 saturated heterocycles. The fourth-order valence-corrected chi connectivity index (χ4v) is 2.02. The summed E-state index contributed by atoms with van der Waals surface area (Å²) in [4.78, 5) is 19.6. The Bertz CT molecular complexity index is 349. The maximum Gasteiger partial charge on any atom is 0.196 e. The molecule has 2 rings (SSSR count). The van der Waals surface area contributed by atoms with Crippen molar-refractivity contribution in [2.45, 2.75) is 12.8 Å². The van der Waals surface area contributed by atoms with E-state index in [2.05, 4.69) is 20.6 Å². The van der Waals surface area contributed by atoms with Crippen LogP contribution in [0.1, 0.15) is 23.3 Å². The number of nitrogens with one attached hydrogen (secondary N) is 2. The molecule has 1 fully saturated rings. The van der Waals surface area contributed by atoms with Crippen LogP contribution in [0.5, 0.6) is 0 Å². The smallest absolute Gasteiger partial charge is 0.196 e. The largest absolute Gasteiger partial charge is 0.316 e. The number of hydrogen-bond acceptors (Lipinski definition) is 5. The molecule has 1 aliphatic heterocycles. The molecule has 5 nitrogen and oxygen atoms in total. The first kappa shape index (κ1) is 12.1. The molecule has 2 heterocycles. The third-order valence-corrected chi connectivity index (χ3v) is 2.97. The molecule has 1 aliphatic rings. The van der Waals surface area contributed by atoms with E-state index in [1.165, 1.54) is 25.2 Å². The standard InChI is InChI=1S/C12H18N4O/c17-12(11-8-14-4-5-16-11)9-15-7-10-2-1-3-13-6-10/h4-5,8,10,13,15H,1-3,6-7,9H2/t10-/m0/s1. The van der Waals surface area contributed by atoms with Gasteiger partial charge in [0.2, 0.25) is 0 Å². The van der Waals surface area contributed by atoms with E-state index >= 15 is 0 Å². The number of rotatable bonds is 5. The highest BCUT2D eigenvalue weighted by atomic mass is 16.1. The Balaban J connectivity index is 1.69. The summed E-state index contributed by atoms with van der Waals surface area (Å²) in [5, 5.41) is 6.55. The number of carbonyl (C=O) groups excluding carboxylic acids is 1. The van der Waals surface area contributed by atoms with Gasteiger partial charge in [-0.3, -0.25) is 9.78 Å². The van der Waals surface area contributed by atoms with Crippen LogP contribution in [0.4, 0.5) is 0 Å². The van der Waals surface area contributed by atoms with Crippen molar-refractivity contribution in [2.24, 2.45) is 5.92 Å². The van der Waals surface area contributed by atoms with Gasteiger partial charge in [-0.05, 0) is 38.4 Å². The summed E-state index contributed by atoms with van der Waals surface area (Å²) in [6.07, 6.45) is 7.08. The van der Waals surface area contributed by atoms with Crippen molar-refractivity contribution < 1.29 is 4.79 Å². The molecule has 0 bridgehead atoms. The zero-order valence-corrected chi connectivity index (χ0v) is 9.85. The first-order valence-electron chi connectivity index (χ1n) is 6.07. The van der Waals surface area contributed by atoms with Gasteiger partial charge < -0.3 is 10.6 Å². The van der Waals surface area contributed by atoms with Gasteiger partial charge in [0.25, 0.3) is 0 Å². The fraction of sp³-hybridized carbons (Fsp3) is 0.583. The summed E-state index contributed by atoms with van der Waals surface area (Å²) in [6, 6.07) is 0. The van der Waals surface area contributed by atoms with Crippen LogP contribution in [-0.2, 0) is 0 Å². The summed E-state index contributed by atoms with van der Waals surface area (Å²) in [5.41, 5.74) is 0.432. The molecule has 0 aliphatic carbocycles. The van der Waals surface area contributed by atoms with Gasteiger partial charge in [-0.25, -0.2) is 4.98 Å². The Kier molecular flexibility index (Phi) is 4.58. The van der Waals surface area contributed by atoms with Gasteiger partial charge in [0.1, 0.15) is 5.69 Å². The van der Waals surface area contributed by atoms with Crippen LogP contribution in [0.3, 0.4) is 0 Å². The second-order valence-corrected chi connectivity index (χ2v) is 4.36. The van der Waals surface area contributed by atoms with Crippen molar-refractivity contribution >= 4 is 5.78 Å². The molecule has 17 heavy (non-hydrogen) atoms. The average Bonchev–Trinajstić information content (AvgIpc) is 2.41. The predicted octanol–water partition coefficient (Wildman–Crippen LogP) is 0.249. The minimum atomic E-state index is 0.00173. The van der Waals surface area contributed by atoms with E-state index in [0.29, 0.717) is 18.2 Å². The first-order valence-corrected chi connectivity index (χ1v) is 6.07. The molecule has 1 atom stereocenters. The van der Waals surface area contributed by atoms with Crippen molar-refractivity contribution in [3.63, 3.8) is 0 Å². The molecule has 5 heteroatoms. The van der Waals surface area contributed by atoms with Crippen LogP contribution >= 0.6 is 0 Å². The second kappa shape index (κ2) is 6.42. The summed E-state index contributed by atoms with van der Waals surface area (Å²) in [6.45, 7) is 3.40. The van der Waals surface area contributed by atoms with Gasteiger partial charge in [-0.15, -0.1) is 0 Å². The van der Waals surface area contributed by atoms with E-state index in [0.717, 1.165) is 19.6 Å². The normalized spacial score (nSPS) is 20.1. The van der Waals surface area contributed by atoms with Crippen LogP contribution in [0.25, 0.3) is 0 Å². The van der Waals surface area contributed by atoms with Gasteiger partial charge in [0.05, 0.1) is 12.7 Å². The minimum Gasteiger partial charge on any atom is -0.316 e. The van der Waals surface area contributed by atoms with Gasteiger partial charge in [-0.1, -0.05) is 0 Å². The Morgan fingerprint density at radius 3 is 3.18 bits per heavy atom. The van der Waals surface area contributed by atoms with Gasteiger partial charge in [-0.2, -0.15) is 0 Å². The molecule has 1 aromatic heterocycles. The molecule has 0 amide bonds. The number of ketones is 1. The van der Waals surface area contributed by atoms with Gasteiger partial charge in [0, 0.05) is 12.4 Å². The second-order valence-electron chi connectivity index (χ2n) is 4.36. The summed E-state index contributed by atoms with van der Waals surface area (Å²) >= 11 is 0. The van der Waals surface area contributed by atoms with Crippen molar-refractivity contribution in [3.05, 3.63) is 24.3 Å². The zero-order chi connectivity index (χ0) is 11.9. The SMILES string of the molecule is O=C(CNC[C@H]1CCCNC1)c1cnccn1. The zero-order valence-electron chi connectivity index (χ0n) is 9.85. The van der Waals surface area contributed by atoms with Crippen LogP contribution in [-0.4, -0.2) is 41.9 Å². The average molecular weight is 234 g/mol. The topological polar surface area (TPSA) is 66.9 Å². The lowest BCUT2D eigenvalue weighted by atomic mass is 10.00. The van der Waals surface area contributed by atoms with E-state index in [1.54, 1.807) is 6.20 Å². The van der Waals surface area contributed by atoms with Crippen LogP contribution in [0.15, 0.2) is 18.6 Å². The Morgan fingerprint density at radius 2 is 2.47 bits per heavy atom. The summed E-state index contributed by atoms with van der Waals surface area (Å²) < 4.78 is 0. The van der Waals surface area contributed by atoms with Crippen LogP contribution < -0.4 is 10.6 Å². The molecular formula is C12H18N4O. The maximum atomic E-state index is 11.7. The summed E-state index contributed by atoms with van der Waals surface area (Å²) in [7, 11) is 0. The molecule has 0 spiro atoms. The Hall–Kier alpha value is -1.33. The quantitative estimate of drug-likeness (QED) is 0.715. The molecule has 92 valence electrons. The molecular weight excluding hydrogens is 216 g/mol. The fourth-order valence-electron chi connectivity index (χ4n) is 2.02. The molecule has 0 saturated carbocycles. The van der Waals surface area contributed by atoms with E-state index in [-0.39, 0.29) is 5.78 Å². The lowest BCUT2D eigenvalue weighted by Crippen LogP contribution is -2.37. The number of hydrogen-bond donors (Lipinski definition) is 2. The highest BCUT2D eigenvalue weighted by Crippen LogP contribution is 2.07. The maximum absolute atomic E-state index is 11.7. The van der Waals surface area contributed by atoms with Crippen molar-refractivity contribution in [2.75, 3.05) is 26.2 Å². The minimum absolute atomic E-state index is 0.00173. The predicted molar refractivity (Wildman–Crippen MR) is 64.8 cm³/mol. The monoisotopic (exact) mass is 234 g/mol. The molecule has 0 unspecified atom stereocenters. The van der Waals surface area contributed by atoms with Crippen molar-refractivity contribution in [1.82, 2.24) is 20.6 Å². The number of carbonyl (C=O) groups is 1. The van der Waals surface area contributed by atoms with Crippen LogP contribution in [0, 0.1) is 5.92 Å². The molecule has 1 aromatic rings. The molecule has 0 aromatic carbocycles. The van der Waals surface area contributed by atoms with Gasteiger partial charge in [0.15, 0.2) is 5.78 Å². The van der Waals surface area contributed by atoms with E-state index in [1.807, 2.05) is 0 Å². The number of nitrogens with zero attached hydrogens (tertiary/aromatic N) is 2. The van der Waals surface area contributed by atoms with E-state index in [4.69, 9.17) is 0 Å². The number of Topliss-reactive ketones (excluding diaryl/α,β-unsaturated/α-hetero) is 1. The Morgan fingerprint density at radius 1 is 1.53 bits per heavy atom. The summed E-state index contributed by atoms with van der Waals surface area (Å²) in [5.74, 6) is 0.639. The highest BCUT2D eigenvalue weighted by Gasteiger charge is 2.13. The van der Waals surface area contributed by atoms with Crippen molar-refractivity contribution in [3.8, 4) is 0 Å². The number of aromatic nitrogens is 2. The van der Waals surface area contributed by atoms with Crippen molar-refractivity contribution in [1.29, 1.82) is 0 Å². The molecule has 2 N–H and O–H groups in total. The van der Waals surface area contributed by atoms with E-state index < -0.39 is 0 Å². The van der Waals surface area contributed by atoms with Crippen LogP contribution in [0.2, 0.25) is 0 Å². The third-order valence-electron chi connectivity index (χ3n) is 2.97. The molecule has 0 radical (unpaired) electrons. The number of piperidine rings is 1.